The minimum atomic E-state index is -0.339. The van der Waals surface area contributed by atoms with E-state index >= 15 is 0 Å². The Kier molecular flexibility index (Phi) is 5.11. The number of amides is 1. The number of benzene rings is 1. The topological polar surface area (TPSA) is 55.6 Å². The van der Waals surface area contributed by atoms with E-state index in [2.05, 4.69) is 11.0 Å². The summed E-state index contributed by atoms with van der Waals surface area (Å²) in [5, 5.41) is 0. The molecule has 1 atom stereocenters. The molecule has 3 rings (SSSR count). The van der Waals surface area contributed by atoms with Gasteiger partial charge in [0.15, 0.2) is 0 Å². The molecule has 2 aliphatic heterocycles. The van der Waals surface area contributed by atoms with E-state index in [4.69, 9.17) is 10.5 Å². The molecule has 0 unspecified atom stereocenters. The van der Waals surface area contributed by atoms with Gasteiger partial charge < -0.3 is 15.4 Å². The second-order valence-corrected chi connectivity index (χ2v) is 6.74. The number of nitrogens with zero attached hydrogens (tertiary/aromatic N) is 1. The molecule has 1 aromatic carbocycles. The van der Waals surface area contributed by atoms with E-state index in [-0.39, 0.29) is 5.91 Å². The van der Waals surface area contributed by atoms with E-state index in [0.717, 1.165) is 25.6 Å². The highest BCUT2D eigenvalue weighted by molar-refractivity contribution is 5.92. The highest BCUT2D eigenvalue weighted by Gasteiger charge is 2.25. The summed E-state index contributed by atoms with van der Waals surface area (Å²) in [4.78, 5) is 13.9. The average molecular weight is 302 g/mol. The van der Waals surface area contributed by atoms with Gasteiger partial charge in [0.1, 0.15) is 0 Å². The van der Waals surface area contributed by atoms with Crippen molar-refractivity contribution in [3.63, 3.8) is 0 Å². The van der Waals surface area contributed by atoms with Crippen LogP contribution < -0.4 is 5.73 Å². The first-order valence-electron chi connectivity index (χ1n) is 8.39. The van der Waals surface area contributed by atoms with Gasteiger partial charge in [0.05, 0.1) is 0 Å². The monoisotopic (exact) mass is 302 g/mol. The molecular formula is C18H26N2O2. The van der Waals surface area contributed by atoms with Crippen molar-refractivity contribution in [1.29, 1.82) is 0 Å². The molecule has 0 aromatic heterocycles. The number of hydrogen-bond acceptors (Lipinski definition) is 3. The molecule has 1 aromatic rings. The molecule has 1 amide bonds. The van der Waals surface area contributed by atoms with Crippen LogP contribution in [0, 0.1) is 11.8 Å². The van der Waals surface area contributed by atoms with E-state index in [1.165, 1.54) is 44.5 Å². The quantitative estimate of drug-likeness (QED) is 0.906. The Morgan fingerprint density at radius 2 is 2.05 bits per heavy atom. The summed E-state index contributed by atoms with van der Waals surface area (Å²) < 4.78 is 5.44. The Morgan fingerprint density at radius 3 is 2.82 bits per heavy atom. The van der Waals surface area contributed by atoms with Crippen molar-refractivity contribution in [2.45, 2.75) is 25.7 Å². The maximum absolute atomic E-state index is 11.3. The van der Waals surface area contributed by atoms with Crippen LogP contribution in [-0.2, 0) is 11.2 Å². The van der Waals surface area contributed by atoms with Gasteiger partial charge in [-0.25, -0.2) is 0 Å². The fraction of sp³-hybridized carbons (Fsp3) is 0.611. The number of ether oxygens (including phenoxy) is 1. The van der Waals surface area contributed by atoms with Crippen LogP contribution in [0.4, 0.5) is 0 Å². The first-order chi connectivity index (χ1) is 10.7. The zero-order chi connectivity index (χ0) is 15.4. The lowest BCUT2D eigenvalue weighted by Crippen LogP contribution is -2.31. The van der Waals surface area contributed by atoms with Gasteiger partial charge in [0.2, 0.25) is 5.91 Å². The van der Waals surface area contributed by atoms with Crippen molar-refractivity contribution >= 4 is 5.91 Å². The van der Waals surface area contributed by atoms with Gasteiger partial charge in [-0.3, -0.25) is 4.79 Å². The highest BCUT2D eigenvalue weighted by Crippen LogP contribution is 2.24. The molecular weight excluding hydrogens is 276 g/mol. The van der Waals surface area contributed by atoms with Crippen LogP contribution in [0.1, 0.15) is 35.2 Å². The van der Waals surface area contributed by atoms with Gasteiger partial charge in [0, 0.05) is 31.9 Å². The molecule has 4 heteroatoms. The number of rotatable bonds is 5. The number of carbonyl (C=O) groups is 1. The Balaban J connectivity index is 1.50. The Hall–Kier alpha value is -1.39. The molecule has 2 heterocycles. The van der Waals surface area contributed by atoms with Crippen LogP contribution in [0.3, 0.4) is 0 Å². The minimum Gasteiger partial charge on any atom is -0.381 e. The summed E-state index contributed by atoms with van der Waals surface area (Å²) in [6, 6.07) is 7.78. The molecule has 2 aliphatic rings. The van der Waals surface area contributed by atoms with Crippen molar-refractivity contribution in [3.05, 3.63) is 35.4 Å². The van der Waals surface area contributed by atoms with Crippen LogP contribution in [0.25, 0.3) is 0 Å². The molecule has 0 aliphatic carbocycles. The fourth-order valence-corrected chi connectivity index (χ4v) is 3.72. The standard InChI is InChI=1S/C18H26N2O2/c19-18(21)17-3-1-2-15(11-17)10-16-4-7-20(13-16)12-14-5-8-22-9-6-14/h1-3,11,14,16H,4-10,12-13H2,(H2,19,21)/t16-/m0/s1. The van der Waals surface area contributed by atoms with E-state index in [9.17, 15) is 4.79 Å². The van der Waals surface area contributed by atoms with E-state index in [1.54, 1.807) is 6.07 Å². The zero-order valence-corrected chi connectivity index (χ0v) is 13.2. The SMILES string of the molecule is NC(=O)c1cccc(C[C@@H]2CCN(CC3CCOCC3)C2)c1. The third-order valence-corrected chi connectivity index (χ3v) is 4.96. The largest absolute Gasteiger partial charge is 0.381 e. The fourth-order valence-electron chi connectivity index (χ4n) is 3.72. The lowest BCUT2D eigenvalue weighted by Gasteiger charge is -2.27. The lowest BCUT2D eigenvalue weighted by molar-refractivity contribution is 0.0551. The molecule has 0 bridgehead atoms. The number of carbonyl (C=O) groups excluding carboxylic acids is 1. The van der Waals surface area contributed by atoms with E-state index < -0.39 is 0 Å². The third-order valence-electron chi connectivity index (χ3n) is 4.96. The average Bonchev–Trinajstić information content (AvgIpc) is 2.95. The summed E-state index contributed by atoms with van der Waals surface area (Å²) in [7, 11) is 0. The first-order valence-corrected chi connectivity index (χ1v) is 8.39. The normalized spacial score (nSPS) is 23.7. The number of hydrogen-bond donors (Lipinski definition) is 1. The summed E-state index contributed by atoms with van der Waals surface area (Å²) in [5.41, 5.74) is 7.21. The van der Waals surface area contributed by atoms with Gasteiger partial charge in [-0.15, -0.1) is 0 Å². The second kappa shape index (κ2) is 7.25. The van der Waals surface area contributed by atoms with Crippen LogP contribution >= 0.6 is 0 Å². The number of nitrogens with two attached hydrogens (primary N) is 1. The van der Waals surface area contributed by atoms with Crippen molar-refractivity contribution in [2.24, 2.45) is 17.6 Å². The van der Waals surface area contributed by atoms with Gasteiger partial charge in [-0.05, 0) is 61.8 Å². The third kappa shape index (κ3) is 4.08. The van der Waals surface area contributed by atoms with Crippen molar-refractivity contribution < 1.29 is 9.53 Å². The van der Waals surface area contributed by atoms with Crippen molar-refractivity contribution in [3.8, 4) is 0 Å². The number of primary amides is 1. The molecule has 22 heavy (non-hydrogen) atoms. The molecule has 0 spiro atoms. The maximum Gasteiger partial charge on any atom is 0.248 e. The van der Waals surface area contributed by atoms with Gasteiger partial charge in [0.25, 0.3) is 0 Å². The van der Waals surface area contributed by atoms with Crippen LogP contribution in [0.5, 0.6) is 0 Å². The van der Waals surface area contributed by atoms with Crippen LogP contribution in [-0.4, -0.2) is 43.7 Å². The molecule has 0 saturated carbocycles. The molecule has 2 fully saturated rings. The van der Waals surface area contributed by atoms with Gasteiger partial charge in [-0.2, -0.15) is 0 Å². The molecule has 2 N–H and O–H groups in total. The predicted molar refractivity (Wildman–Crippen MR) is 86.8 cm³/mol. The van der Waals surface area contributed by atoms with Crippen molar-refractivity contribution in [1.82, 2.24) is 4.90 Å². The predicted octanol–water partition coefficient (Wildman–Crippen LogP) is 2.08. The Morgan fingerprint density at radius 1 is 1.23 bits per heavy atom. The summed E-state index contributed by atoms with van der Waals surface area (Å²) in [5.74, 6) is 1.17. The maximum atomic E-state index is 11.3. The molecule has 120 valence electrons. The van der Waals surface area contributed by atoms with Gasteiger partial charge in [-0.1, -0.05) is 12.1 Å². The summed E-state index contributed by atoms with van der Waals surface area (Å²) >= 11 is 0. The Labute approximate surface area is 132 Å². The molecule has 4 nitrogen and oxygen atoms in total. The Bertz CT molecular complexity index is 512. The molecule has 2 saturated heterocycles. The molecule has 0 radical (unpaired) electrons. The van der Waals surface area contributed by atoms with E-state index in [1.807, 2.05) is 12.1 Å². The summed E-state index contributed by atoms with van der Waals surface area (Å²) in [6.07, 6.45) is 4.72. The summed E-state index contributed by atoms with van der Waals surface area (Å²) in [6.45, 7) is 5.47. The minimum absolute atomic E-state index is 0.339. The zero-order valence-electron chi connectivity index (χ0n) is 13.2. The number of likely N-dealkylation sites (tertiary alicyclic amines) is 1. The van der Waals surface area contributed by atoms with E-state index in [0.29, 0.717) is 11.5 Å². The van der Waals surface area contributed by atoms with Crippen molar-refractivity contribution in [2.75, 3.05) is 32.8 Å². The van der Waals surface area contributed by atoms with Crippen LogP contribution in [0.2, 0.25) is 0 Å². The smallest absolute Gasteiger partial charge is 0.248 e. The second-order valence-electron chi connectivity index (χ2n) is 6.74. The van der Waals surface area contributed by atoms with Crippen LogP contribution in [0.15, 0.2) is 24.3 Å². The lowest BCUT2D eigenvalue weighted by atomic mass is 9.97. The van der Waals surface area contributed by atoms with Gasteiger partial charge >= 0.3 is 0 Å². The first kappa shape index (κ1) is 15.5. The highest BCUT2D eigenvalue weighted by atomic mass is 16.5.